The van der Waals surface area contributed by atoms with E-state index in [2.05, 4.69) is 0 Å². The Kier molecular flexibility index (Phi) is 4.78. The standard InChI is InChI=1S/C16H13F3O4/c1-22-13-7-3-6-12(14(13)20)15(21)23-9-10-4-2-5-11(8-10)16(17,18)19/h2-8,20H,9H2,1H3. The van der Waals surface area contributed by atoms with E-state index in [1.807, 2.05) is 0 Å². The van der Waals surface area contributed by atoms with Crippen molar-refractivity contribution in [2.75, 3.05) is 7.11 Å². The van der Waals surface area contributed by atoms with Crippen LogP contribution in [0, 0.1) is 0 Å². The van der Waals surface area contributed by atoms with Crippen LogP contribution in [-0.2, 0) is 17.5 Å². The van der Waals surface area contributed by atoms with Crippen LogP contribution in [-0.4, -0.2) is 18.2 Å². The van der Waals surface area contributed by atoms with E-state index >= 15 is 0 Å². The molecule has 0 amide bonds. The highest BCUT2D eigenvalue weighted by molar-refractivity contribution is 5.93. The van der Waals surface area contributed by atoms with Gasteiger partial charge < -0.3 is 14.6 Å². The van der Waals surface area contributed by atoms with Gasteiger partial charge in [0, 0.05) is 0 Å². The lowest BCUT2D eigenvalue weighted by molar-refractivity contribution is -0.137. The van der Waals surface area contributed by atoms with E-state index in [9.17, 15) is 23.1 Å². The van der Waals surface area contributed by atoms with Crippen molar-refractivity contribution in [2.45, 2.75) is 12.8 Å². The van der Waals surface area contributed by atoms with Crippen LogP contribution >= 0.6 is 0 Å². The largest absolute Gasteiger partial charge is 0.504 e. The van der Waals surface area contributed by atoms with Gasteiger partial charge in [-0.1, -0.05) is 18.2 Å². The summed E-state index contributed by atoms with van der Waals surface area (Å²) < 4.78 is 47.6. The monoisotopic (exact) mass is 326 g/mol. The minimum Gasteiger partial charge on any atom is -0.504 e. The lowest BCUT2D eigenvalue weighted by atomic mass is 10.1. The number of carbonyl (C=O) groups excluding carboxylic acids is 1. The summed E-state index contributed by atoms with van der Waals surface area (Å²) in [5.74, 6) is -1.15. The first-order valence-corrected chi connectivity index (χ1v) is 6.52. The summed E-state index contributed by atoms with van der Waals surface area (Å²) in [7, 11) is 1.33. The molecule has 7 heteroatoms. The number of alkyl halides is 3. The molecule has 0 aliphatic rings. The minimum atomic E-state index is -4.47. The molecule has 0 aliphatic carbocycles. The van der Waals surface area contributed by atoms with E-state index < -0.39 is 17.7 Å². The van der Waals surface area contributed by atoms with Gasteiger partial charge in [0.1, 0.15) is 12.2 Å². The van der Waals surface area contributed by atoms with Crippen molar-refractivity contribution in [3.05, 3.63) is 59.2 Å². The molecule has 1 N–H and O–H groups in total. The van der Waals surface area contributed by atoms with Crippen molar-refractivity contribution in [3.63, 3.8) is 0 Å². The van der Waals surface area contributed by atoms with Gasteiger partial charge in [0.15, 0.2) is 11.5 Å². The predicted octanol–water partition coefficient (Wildman–Crippen LogP) is 3.78. The number of hydrogen-bond acceptors (Lipinski definition) is 4. The summed E-state index contributed by atoms with van der Waals surface area (Å²) >= 11 is 0. The van der Waals surface area contributed by atoms with Crippen LogP contribution in [0.2, 0.25) is 0 Å². The summed E-state index contributed by atoms with van der Waals surface area (Å²) in [6, 6.07) is 8.74. The molecule has 2 aromatic carbocycles. The van der Waals surface area contributed by atoms with Crippen LogP contribution in [0.15, 0.2) is 42.5 Å². The van der Waals surface area contributed by atoms with Crippen molar-refractivity contribution in [1.29, 1.82) is 0 Å². The molecule has 0 radical (unpaired) electrons. The van der Waals surface area contributed by atoms with Gasteiger partial charge in [-0.15, -0.1) is 0 Å². The van der Waals surface area contributed by atoms with Crippen LogP contribution in [0.1, 0.15) is 21.5 Å². The number of hydrogen-bond donors (Lipinski definition) is 1. The van der Waals surface area contributed by atoms with Gasteiger partial charge >= 0.3 is 12.1 Å². The van der Waals surface area contributed by atoms with E-state index in [4.69, 9.17) is 9.47 Å². The third kappa shape index (κ3) is 3.94. The highest BCUT2D eigenvalue weighted by Gasteiger charge is 2.30. The van der Waals surface area contributed by atoms with Gasteiger partial charge in [-0.05, 0) is 29.8 Å². The van der Waals surface area contributed by atoms with Gasteiger partial charge in [0.2, 0.25) is 0 Å². The van der Waals surface area contributed by atoms with E-state index in [1.165, 1.54) is 37.4 Å². The lowest BCUT2D eigenvalue weighted by Crippen LogP contribution is -2.08. The highest BCUT2D eigenvalue weighted by atomic mass is 19.4. The number of halogens is 3. The Balaban J connectivity index is 2.11. The molecule has 4 nitrogen and oxygen atoms in total. The average molecular weight is 326 g/mol. The number of para-hydroxylation sites is 1. The second kappa shape index (κ2) is 6.60. The second-order valence-corrected chi connectivity index (χ2v) is 4.63. The highest BCUT2D eigenvalue weighted by Crippen LogP contribution is 2.31. The van der Waals surface area contributed by atoms with E-state index in [0.29, 0.717) is 0 Å². The van der Waals surface area contributed by atoms with Crippen molar-refractivity contribution >= 4 is 5.97 Å². The fourth-order valence-corrected chi connectivity index (χ4v) is 1.92. The number of aromatic hydroxyl groups is 1. The molecule has 0 spiro atoms. The summed E-state index contributed by atoms with van der Waals surface area (Å²) in [4.78, 5) is 11.9. The summed E-state index contributed by atoms with van der Waals surface area (Å²) in [5.41, 5.74) is -0.762. The number of methoxy groups -OCH3 is 1. The number of rotatable bonds is 4. The van der Waals surface area contributed by atoms with Gasteiger partial charge in [0.25, 0.3) is 0 Å². The number of benzene rings is 2. The first kappa shape index (κ1) is 16.7. The quantitative estimate of drug-likeness (QED) is 0.869. The zero-order valence-corrected chi connectivity index (χ0v) is 12.1. The van der Waals surface area contributed by atoms with Crippen LogP contribution in [0.5, 0.6) is 11.5 Å². The summed E-state index contributed by atoms with van der Waals surface area (Å²) in [6.07, 6.45) is -4.47. The third-order valence-corrected chi connectivity index (χ3v) is 3.06. The van der Waals surface area contributed by atoms with Crippen molar-refractivity contribution in [1.82, 2.24) is 0 Å². The molecule has 0 atom stereocenters. The summed E-state index contributed by atoms with van der Waals surface area (Å²) in [6.45, 7) is -0.348. The first-order chi connectivity index (χ1) is 10.8. The average Bonchev–Trinajstić information content (AvgIpc) is 2.52. The topological polar surface area (TPSA) is 55.8 Å². The molecule has 0 heterocycles. The normalized spacial score (nSPS) is 11.1. The van der Waals surface area contributed by atoms with Crippen molar-refractivity contribution < 1.29 is 32.5 Å². The molecule has 0 bridgehead atoms. The molecule has 0 unspecified atom stereocenters. The maximum absolute atomic E-state index is 12.6. The Morgan fingerprint density at radius 1 is 1.17 bits per heavy atom. The van der Waals surface area contributed by atoms with Crippen molar-refractivity contribution in [3.8, 4) is 11.5 Å². The number of phenols is 1. The molecule has 0 saturated heterocycles. The van der Waals surface area contributed by atoms with Crippen LogP contribution in [0.4, 0.5) is 13.2 Å². The Bertz CT molecular complexity index is 711. The molecular formula is C16H13F3O4. The van der Waals surface area contributed by atoms with E-state index in [1.54, 1.807) is 0 Å². The Morgan fingerprint density at radius 3 is 2.52 bits per heavy atom. The Morgan fingerprint density at radius 2 is 1.87 bits per heavy atom. The molecule has 23 heavy (non-hydrogen) atoms. The number of carbonyl (C=O) groups is 1. The van der Waals surface area contributed by atoms with Crippen LogP contribution in [0.3, 0.4) is 0 Å². The zero-order valence-electron chi connectivity index (χ0n) is 12.1. The van der Waals surface area contributed by atoms with Gasteiger partial charge in [-0.25, -0.2) is 4.79 Å². The Hall–Kier alpha value is -2.70. The smallest absolute Gasteiger partial charge is 0.416 e. The molecular weight excluding hydrogens is 313 g/mol. The fraction of sp³-hybridized carbons (Fsp3) is 0.188. The fourth-order valence-electron chi connectivity index (χ4n) is 1.92. The lowest BCUT2D eigenvalue weighted by Gasteiger charge is -2.10. The third-order valence-electron chi connectivity index (χ3n) is 3.06. The number of esters is 1. The zero-order chi connectivity index (χ0) is 17.0. The summed E-state index contributed by atoms with van der Waals surface area (Å²) in [5, 5.41) is 9.83. The molecule has 0 saturated carbocycles. The molecule has 0 aliphatic heterocycles. The molecule has 2 aromatic rings. The van der Waals surface area contributed by atoms with E-state index in [-0.39, 0.29) is 29.2 Å². The van der Waals surface area contributed by atoms with Gasteiger partial charge in [0.05, 0.1) is 12.7 Å². The maximum atomic E-state index is 12.6. The minimum absolute atomic E-state index is 0.0959. The van der Waals surface area contributed by atoms with Crippen molar-refractivity contribution in [2.24, 2.45) is 0 Å². The molecule has 0 aromatic heterocycles. The number of ether oxygens (including phenoxy) is 2. The second-order valence-electron chi connectivity index (χ2n) is 4.63. The predicted molar refractivity (Wildman–Crippen MR) is 75.2 cm³/mol. The van der Waals surface area contributed by atoms with Gasteiger partial charge in [-0.2, -0.15) is 13.2 Å². The SMILES string of the molecule is COc1cccc(C(=O)OCc2cccc(C(F)(F)F)c2)c1O. The molecule has 2 rings (SSSR count). The van der Waals surface area contributed by atoms with E-state index in [0.717, 1.165) is 12.1 Å². The van der Waals surface area contributed by atoms with Crippen LogP contribution in [0.25, 0.3) is 0 Å². The maximum Gasteiger partial charge on any atom is 0.416 e. The number of phenolic OH excluding ortho intramolecular Hbond substituents is 1. The molecule has 122 valence electrons. The Labute approximate surface area is 130 Å². The van der Waals surface area contributed by atoms with Crippen LogP contribution < -0.4 is 4.74 Å². The molecule has 0 fully saturated rings. The first-order valence-electron chi connectivity index (χ1n) is 6.52. The van der Waals surface area contributed by atoms with Gasteiger partial charge in [-0.3, -0.25) is 0 Å².